The van der Waals surface area contributed by atoms with Gasteiger partial charge in [-0.15, -0.1) is 0 Å². The monoisotopic (exact) mass is 611 g/mol. The highest BCUT2D eigenvalue weighted by Crippen LogP contribution is 2.36. The van der Waals surface area contributed by atoms with E-state index < -0.39 is 28.5 Å². The molecule has 0 saturated carbocycles. The lowest BCUT2D eigenvalue weighted by Crippen LogP contribution is -2.52. The summed E-state index contributed by atoms with van der Waals surface area (Å²) >= 11 is 0. The first-order valence-corrected chi connectivity index (χ1v) is 15.5. The maximum Gasteiger partial charge on any atom is 0.264 e. The molecule has 1 N–H and O–H groups in total. The van der Waals surface area contributed by atoms with E-state index in [1.807, 2.05) is 26.8 Å². The number of carbonyl (C=O) groups excluding carboxylic acids is 2. The van der Waals surface area contributed by atoms with Gasteiger partial charge in [-0.2, -0.15) is 0 Å². The van der Waals surface area contributed by atoms with Gasteiger partial charge >= 0.3 is 0 Å². The molecular formula is C32H41N3O7S. The number of hydrogen-bond donors (Lipinski definition) is 1. The van der Waals surface area contributed by atoms with E-state index in [0.717, 1.165) is 21.9 Å². The molecule has 11 heteroatoms. The lowest BCUT2D eigenvalue weighted by molar-refractivity contribution is -0.140. The molecule has 3 aromatic carbocycles. The number of hydrogen-bond acceptors (Lipinski definition) is 7. The first-order chi connectivity index (χ1) is 20.6. The Hall–Kier alpha value is -4.25. The maximum atomic E-state index is 14.3. The molecule has 0 unspecified atom stereocenters. The van der Waals surface area contributed by atoms with Crippen molar-refractivity contribution in [2.75, 3.05) is 38.7 Å². The summed E-state index contributed by atoms with van der Waals surface area (Å²) in [6.45, 7) is 5.52. The molecule has 0 aliphatic rings. The second-order valence-corrected chi connectivity index (χ2v) is 11.8. The number of amides is 2. The Morgan fingerprint density at radius 3 is 2.16 bits per heavy atom. The lowest BCUT2D eigenvalue weighted by atomic mass is 10.1. The third-order valence-corrected chi connectivity index (χ3v) is 8.74. The summed E-state index contributed by atoms with van der Waals surface area (Å²) in [5.41, 5.74) is 1.73. The summed E-state index contributed by atoms with van der Waals surface area (Å²) in [6, 6.07) is 17.4. The van der Waals surface area contributed by atoms with Crippen LogP contribution in [0.25, 0.3) is 0 Å². The fraction of sp³-hybridized carbons (Fsp3) is 0.375. The van der Waals surface area contributed by atoms with Gasteiger partial charge in [0.1, 0.15) is 29.8 Å². The van der Waals surface area contributed by atoms with Gasteiger partial charge in [-0.3, -0.25) is 13.9 Å². The molecule has 3 aromatic rings. The van der Waals surface area contributed by atoms with Gasteiger partial charge in [0, 0.05) is 19.2 Å². The Labute approximate surface area is 254 Å². The number of rotatable bonds is 15. The van der Waals surface area contributed by atoms with Crippen molar-refractivity contribution in [3.63, 3.8) is 0 Å². The first kappa shape index (κ1) is 33.3. The molecule has 43 heavy (non-hydrogen) atoms. The average molecular weight is 612 g/mol. The van der Waals surface area contributed by atoms with E-state index in [4.69, 9.17) is 14.2 Å². The summed E-state index contributed by atoms with van der Waals surface area (Å²) in [4.78, 5) is 29.0. The van der Waals surface area contributed by atoms with E-state index in [0.29, 0.717) is 24.5 Å². The minimum absolute atomic E-state index is 0.00264. The highest BCUT2D eigenvalue weighted by atomic mass is 32.2. The number of ether oxygens (including phenoxy) is 3. The summed E-state index contributed by atoms with van der Waals surface area (Å²) in [5.74, 6) is 0.329. The zero-order valence-corrected chi connectivity index (χ0v) is 26.4. The van der Waals surface area contributed by atoms with Crippen LogP contribution in [0.5, 0.6) is 17.2 Å². The third kappa shape index (κ3) is 8.19. The fourth-order valence-corrected chi connectivity index (χ4v) is 6.01. The molecule has 0 heterocycles. The van der Waals surface area contributed by atoms with Crippen LogP contribution < -0.4 is 23.8 Å². The molecule has 0 radical (unpaired) electrons. The number of sulfonamides is 1. The van der Waals surface area contributed by atoms with Crippen LogP contribution >= 0.6 is 0 Å². The maximum absolute atomic E-state index is 14.3. The van der Waals surface area contributed by atoms with Crippen molar-refractivity contribution >= 4 is 27.5 Å². The zero-order chi connectivity index (χ0) is 31.6. The minimum atomic E-state index is -4.28. The molecule has 0 fully saturated rings. The van der Waals surface area contributed by atoms with Gasteiger partial charge in [0.05, 0.1) is 31.9 Å². The topological polar surface area (TPSA) is 114 Å². The van der Waals surface area contributed by atoms with Crippen LogP contribution in [0.2, 0.25) is 0 Å². The highest BCUT2D eigenvalue weighted by molar-refractivity contribution is 7.92. The van der Waals surface area contributed by atoms with Gasteiger partial charge in [-0.25, -0.2) is 8.42 Å². The van der Waals surface area contributed by atoms with Gasteiger partial charge < -0.3 is 24.4 Å². The quantitative estimate of drug-likeness (QED) is 0.268. The molecule has 0 saturated heterocycles. The number of nitrogens with zero attached hydrogens (tertiary/aromatic N) is 2. The van der Waals surface area contributed by atoms with Crippen LogP contribution in [0.15, 0.2) is 71.6 Å². The molecular weight excluding hydrogens is 570 g/mol. The predicted molar refractivity (Wildman–Crippen MR) is 166 cm³/mol. The number of methoxy groups -OCH3 is 3. The van der Waals surface area contributed by atoms with Crippen LogP contribution in [0, 0.1) is 6.92 Å². The molecule has 3 rings (SSSR count). The third-order valence-electron chi connectivity index (χ3n) is 6.96. The van der Waals surface area contributed by atoms with Crippen molar-refractivity contribution in [1.29, 1.82) is 0 Å². The van der Waals surface area contributed by atoms with Crippen molar-refractivity contribution in [2.24, 2.45) is 0 Å². The molecule has 0 spiro atoms. The van der Waals surface area contributed by atoms with E-state index in [1.165, 1.54) is 37.3 Å². The number of aryl methyl sites for hydroxylation is 1. The molecule has 0 aromatic heterocycles. The Kier molecular flexibility index (Phi) is 11.8. The number of benzene rings is 3. The summed E-state index contributed by atoms with van der Waals surface area (Å²) < 4.78 is 45.7. The van der Waals surface area contributed by atoms with Crippen molar-refractivity contribution in [3.8, 4) is 17.2 Å². The van der Waals surface area contributed by atoms with Crippen LogP contribution in [0.1, 0.15) is 37.8 Å². The van der Waals surface area contributed by atoms with Crippen molar-refractivity contribution in [1.82, 2.24) is 10.2 Å². The van der Waals surface area contributed by atoms with E-state index in [-0.39, 0.29) is 28.8 Å². The van der Waals surface area contributed by atoms with Crippen LogP contribution in [0.4, 0.5) is 5.69 Å². The molecule has 1 atom stereocenters. The van der Waals surface area contributed by atoms with Gasteiger partial charge in [-0.05, 0) is 61.7 Å². The average Bonchev–Trinajstić information content (AvgIpc) is 3.02. The Bertz CT molecular complexity index is 1490. The molecule has 2 amide bonds. The van der Waals surface area contributed by atoms with Crippen LogP contribution in [0.3, 0.4) is 0 Å². The lowest BCUT2D eigenvalue weighted by Gasteiger charge is -2.33. The largest absolute Gasteiger partial charge is 0.497 e. The van der Waals surface area contributed by atoms with E-state index in [2.05, 4.69) is 5.32 Å². The molecule has 10 nitrogen and oxygen atoms in total. The van der Waals surface area contributed by atoms with E-state index in [1.54, 1.807) is 49.6 Å². The van der Waals surface area contributed by atoms with Gasteiger partial charge in [-0.1, -0.05) is 43.7 Å². The Morgan fingerprint density at radius 2 is 1.56 bits per heavy atom. The normalized spacial score (nSPS) is 11.8. The molecule has 0 aliphatic carbocycles. The summed E-state index contributed by atoms with van der Waals surface area (Å²) in [6.07, 6.45) is 1.04. The van der Waals surface area contributed by atoms with Gasteiger partial charge in [0.25, 0.3) is 10.0 Å². The van der Waals surface area contributed by atoms with E-state index in [9.17, 15) is 18.0 Å². The van der Waals surface area contributed by atoms with Gasteiger partial charge in [0.2, 0.25) is 11.8 Å². The Balaban J connectivity index is 2.15. The molecule has 0 bridgehead atoms. The van der Waals surface area contributed by atoms with Crippen LogP contribution in [-0.4, -0.2) is 65.6 Å². The summed E-state index contributed by atoms with van der Waals surface area (Å²) in [7, 11) is 0.154. The summed E-state index contributed by atoms with van der Waals surface area (Å²) in [5, 5.41) is 2.88. The Morgan fingerprint density at radius 1 is 0.884 bits per heavy atom. The predicted octanol–water partition coefficient (Wildman–Crippen LogP) is 4.55. The standard InChI is InChI=1S/C32H41N3O7S/c1-7-18-33-32(37)28(8-2)34(21-24-10-9-11-25(19-24)40-4)31(36)22-35(29-20-26(41-5)14-17-30(29)42-6)43(38,39)27-15-12-23(3)13-16-27/h9-17,19-20,28H,7-8,18,21-22H2,1-6H3,(H,33,37)/t28-/m1/s1. The smallest absolute Gasteiger partial charge is 0.264 e. The number of carbonyl (C=O) groups is 2. The molecule has 0 aliphatic heterocycles. The number of nitrogens with one attached hydrogen (secondary N) is 1. The highest BCUT2D eigenvalue weighted by Gasteiger charge is 2.35. The fourth-order valence-electron chi connectivity index (χ4n) is 4.60. The van der Waals surface area contributed by atoms with Crippen LogP contribution in [-0.2, 0) is 26.2 Å². The SMILES string of the molecule is CCCNC(=O)[C@@H](CC)N(Cc1cccc(OC)c1)C(=O)CN(c1cc(OC)ccc1OC)S(=O)(=O)c1ccc(C)cc1. The first-order valence-electron chi connectivity index (χ1n) is 14.1. The van der Waals surface area contributed by atoms with Crippen molar-refractivity contribution in [2.45, 2.75) is 51.1 Å². The molecule has 232 valence electrons. The van der Waals surface area contributed by atoms with E-state index >= 15 is 0 Å². The van der Waals surface area contributed by atoms with Gasteiger partial charge in [0.15, 0.2) is 0 Å². The van der Waals surface area contributed by atoms with Crippen molar-refractivity contribution < 1.29 is 32.2 Å². The van der Waals surface area contributed by atoms with Crippen molar-refractivity contribution in [3.05, 3.63) is 77.9 Å². The zero-order valence-electron chi connectivity index (χ0n) is 25.6. The number of anilines is 1. The second kappa shape index (κ2) is 15.3. The second-order valence-electron chi connectivity index (χ2n) is 9.95. The minimum Gasteiger partial charge on any atom is -0.497 e.